The van der Waals surface area contributed by atoms with Crippen molar-refractivity contribution in [3.8, 4) is 5.88 Å². The van der Waals surface area contributed by atoms with Crippen molar-refractivity contribution in [2.75, 3.05) is 0 Å². The van der Waals surface area contributed by atoms with Crippen LogP contribution in [0.1, 0.15) is 0 Å². The number of H-pyrrole nitrogens is 1. The molecule has 5 nitrogen and oxygen atoms in total. The fourth-order valence-electron chi connectivity index (χ4n) is 0.946. The van der Waals surface area contributed by atoms with E-state index < -0.39 is 0 Å². The number of hydrogen-bond donors (Lipinski definition) is 2. The highest BCUT2D eigenvalue weighted by molar-refractivity contribution is 14.1. The summed E-state index contributed by atoms with van der Waals surface area (Å²) >= 11 is 2.02. The summed E-state index contributed by atoms with van der Waals surface area (Å²) < 4.78 is 2.06. The van der Waals surface area contributed by atoms with Crippen LogP contribution in [0.2, 0.25) is 0 Å². The molecule has 0 aromatic carbocycles. The van der Waals surface area contributed by atoms with E-state index in [1.807, 2.05) is 22.6 Å². The first kappa shape index (κ1) is 7.59. The van der Waals surface area contributed by atoms with E-state index in [2.05, 4.69) is 10.1 Å². The first-order valence-electron chi connectivity index (χ1n) is 3.14. The Morgan fingerprint density at radius 1 is 1.67 bits per heavy atom. The molecule has 12 heavy (non-hydrogen) atoms. The van der Waals surface area contributed by atoms with Gasteiger partial charge in [0.15, 0.2) is 5.65 Å². The van der Waals surface area contributed by atoms with Crippen LogP contribution in [0.5, 0.6) is 5.88 Å². The van der Waals surface area contributed by atoms with E-state index in [0.717, 1.165) is 9.64 Å². The van der Waals surface area contributed by atoms with Gasteiger partial charge in [0.05, 0.1) is 15.8 Å². The van der Waals surface area contributed by atoms with E-state index >= 15 is 0 Å². The van der Waals surface area contributed by atoms with Gasteiger partial charge in [-0.05, 0) is 22.6 Å². The molecule has 0 saturated heterocycles. The zero-order chi connectivity index (χ0) is 8.72. The van der Waals surface area contributed by atoms with Crippen molar-refractivity contribution in [3.05, 3.63) is 26.2 Å². The van der Waals surface area contributed by atoms with Gasteiger partial charge in [-0.25, -0.2) is 0 Å². The Bertz CT molecular complexity index is 487. The highest BCUT2D eigenvalue weighted by Crippen LogP contribution is 2.13. The molecule has 0 aliphatic heterocycles. The summed E-state index contributed by atoms with van der Waals surface area (Å²) in [4.78, 5) is 13.5. The van der Waals surface area contributed by atoms with Crippen molar-refractivity contribution < 1.29 is 5.11 Å². The molecule has 2 rings (SSSR count). The van der Waals surface area contributed by atoms with Crippen molar-refractivity contribution in [2.24, 2.45) is 0 Å². The summed E-state index contributed by atoms with van der Waals surface area (Å²) in [7, 11) is 0. The number of aromatic hydroxyl groups is 1. The Morgan fingerprint density at radius 3 is 3.17 bits per heavy atom. The molecule has 2 aromatic rings. The number of halogens is 1. The lowest BCUT2D eigenvalue weighted by molar-refractivity contribution is 0.434. The normalized spacial score (nSPS) is 10.8. The summed E-state index contributed by atoms with van der Waals surface area (Å²) in [5.41, 5.74) is 0.180. The molecule has 2 aromatic heterocycles. The second kappa shape index (κ2) is 2.47. The van der Waals surface area contributed by atoms with Crippen LogP contribution in [-0.4, -0.2) is 19.7 Å². The van der Waals surface area contributed by atoms with E-state index in [4.69, 9.17) is 0 Å². The van der Waals surface area contributed by atoms with Crippen molar-refractivity contribution in [1.29, 1.82) is 0 Å². The third-order valence-electron chi connectivity index (χ3n) is 1.44. The summed E-state index contributed by atoms with van der Waals surface area (Å²) in [6.45, 7) is 0. The van der Waals surface area contributed by atoms with Crippen LogP contribution in [-0.2, 0) is 0 Å². The molecule has 2 heterocycles. The smallest absolute Gasteiger partial charge is 0.254 e. The van der Waals surface area contributed by atoms with Gasteiger partial charge in [0.1, 0.15) is 0 Å². The summed E-state index contributed by atoms with van der Waals surface area (Å²) in [6, 6.07) is 1.08. The third kappa shape index (κ3) is 0.986. The molecule has 0 radical (unpaired) electrons. The first-order valence-corrected chi connectivity index (χ1v) is 4.22. The van der Waals surface area contributed by atoms with Crippen LogP contribution in [0.3, 0.4) is 0 Å². The Labute approximate surface area is 80.2 Å². The van der Waals surface area contributed by atoms with Gasteiger partial charge in [-0.2, -0.15) is 9.61 Å². The molecule has 0 spiro atoms. The number of aromatic amines is 1. The lowest BCUT2D eigenvalue weighted by atomic mass is 10.6. The second-order valence-corrected chi connectivity index (χ2v) is 3.41. The predicted octanol–water partition coefficient (Wildman–Crippen LogP) is 0.333. The summed E-state index contributed by atoms with van der Waals surface area (Å²) in [5.74, 6) is -0.156. The average Bonchev–Trinajstić information content (AvgIpc) is 2.33. The summed E-state index contributed by atoms with van der Waals surface area (Å²) in [5, 5.41) is 13.1. The molecule has 0 bridgehead atoms. The first-order chi connectivity index (χ1) is 5.68. The molecule has 0 amide bonds. The summed E-state index contributed by atoms with van der Waals surface area (Å²) in [6.07, 6.45) is 1.56. The molecule has 0 atom stereocenters. The SMILES string of the molecule is O=c1cc(O)n2ncc(I)c2[nH]1. The van der Waals surface area contributed by atoms with Crippen LogP contribution in [0, 0.1) is 3.57 Å². The molecule has 0 aliphatic carbocycles. The van der Waals surface area contributed by atoms with Gasteiger partial charge in [-0.15, -0.1) is 0 Å². The van der Waals surface area contributed by atoms with Crippen LogP contribution >= 0.6 is 22.6 Å². The largest absolute Gasteiger partial charge is 0.493 e. The van der Waals surface area contributed by atoms with E-state index in [1.54, 1.807) is 6.20 Å². The third-order valence-corrected chi connectivity index (χ3v) is 2.23. The van der Waals surface area contributed by atoms with Gasteiger partial charge in [0.2, 0.25) is 5.88 Å². The minimum absolute atomic E-state index is 0.156. The molecule has 0 fully saturated rings. The number of hydrogen-bond acceptors (Lipinski definition) is 3. The Hall–Kier alpha value is -1.05. The standard InChI is InChI=1S/C6H4IN3O2/c7-3-2-8-10-5(12)1-4(11)9-6(3)10/h1-2,12H,(H,9,11). The van der Waals surface area contributed by atoms with Gasteiger partial charge in [0.25, 0.3) is 5.56 Å². The average molecular weight is 277 g/mol. The van der Waals surface area contributed by atoms with Gasteiger partial charge in [-0.1, -0.05) is 0 Å². The van der Waals surface area contributed by atoms with Crippen molar-refractivity contribution in [1.82, 2.24) is 14.6 Å². The van der Waals surface area contributed by atoms with Crippen molar-refractivity contribution in [2.45, 2.75) is 0 Å². The maximum absolute atomic E-state index is 10.9. The molecule has 2 N–H and O–H groups in total. The fourth-order valence-corrected chi connectivity index (χ4v) is 1.43. The number of rotatable bonds is 0. The predicted molar refractivity (Wildman–Crippen MR) is 50.2 cm³/mol. The molecular weight excluding hydrogens is 273 g/mol. The Morgan fingerprint density at radius 2 is 2.42 bits per heavy atom. The van der Waals surface area contributed by atoms with Crippen molar-refractivity contribution in [3.63, 3.8) is 0 Å². The van der Waals surface area contributed by atoms with Gasteiger partial charge < -0.3 is 10.1 Å². The molecule has 6 heteroatoms. The lowest BCUT2D eigenvalue weighted by Gasteiger charge is -1.94. The molecule has 0 saturated carbocycles. The van der Waals surface area contributed by atoms with Gasteiger partial charge >= 0.3 is 0 Å². The van der Waals surface area contributed by atoms with Crippen LogP contribution in [0.15, 0.2) is 17.1 Å². The van der Waals surface area contributed by atoms with E-state index in [1.165, 1.54) is 4.52 Å². The van der Waals surface area contributed by atoms with E-state index in [-0.39, 0.29) is 11.4 Å². The van der Waals surface area contributed by atoms with Gasteiger partial charge in [0, 0.05) is 0 Å². The number of aromatic nitrogens is 3. The van der Waals surface area contributed by atoms with Crippen LogP contribution in [0.25, 0.3) is 5.65 Å². The highest BCUT2D eigenvalue weighted by Gasteiger charge is 2.05. The number of nitrogens with zero attached hydrogens (tertiary/aromatic N) is 2. The van der Waals surface area contributed by atoms with Gasteiger partial charge in [-0.3, -0.25) is 4.79 Å². The lowest BCUT2D eigenvalue weighted by Crippen LogP contribution is -2.07. The number of nitrogens with one attached hydrogen (secondary N) is 1. The highest BCUT2D eigenvalue weighted by atomic mass is 127. The maximum atomic E-state index is 10.9. The zero-order valence-corrected chi connectivity index (χ0v) is 7.94. The quantitative estimate of drug-likeness (QED) is 0.682. The minimum atomic E-state index is -0.335. The Kier molecular flexibility index (Phi) is 1.56. The Balaban J connectivity index is 3.02. The van der Waals surface area contributed by atoms with Crippen molar-refractivity contribution >= 4 is 28.2 Å². The van der Waals surface area contributed by atoms with Crippen LogP contribution in [0.4, 0.5) is 0 Å². The van der Waals surface area contributed by atoms with Crippen LogP contribution < -0.4 is 5.56 Å². The van der Waals surface area contributed by atoms with E-state index in [9.17, 15) is 9.90 Å². The molecule has 62 valence electrons. The molecule has 0 aliphatic rings. The zero-order valence-electron chi connectivity index (χ0n) is 5.78. The monoisotopic (exact) mass is 277 g/mol. The maximum Gasteiger partial charge on any atom is 0.254 e. The fraction of sp³-hybridized carbons (Fsp3) is 0. The molecular formula is C6H4IN3O2. The number of fused-ring (bicyclic) bond motifs is 1. The van der Waals surface area contributed by atoms with E-state index in [0.29, 0.717) is 5.65 Å². The topological polar surface area (TPSA) is 70.4 Å². The molecule has 0 unspecified atom stereocenters. The minimum Gasteiger partial charge on any atom is -0.493 e. The second-order valence-electron chi connectivity index (χ2n) is 2.24.